The summed E-state index contributed by atoms with van der Waals surface area (Å²) in [6, 6.07) is 6.73. The molecule has 0 radical (unpaired) electrons. The van der Waals surface area contributed by atoms with Crippen LogP contribution in [0.25, 0.3) is 22.0 Å². The molecule has 9 nitrogen and oxygen atoms in total. The van der Waals surface area contributed by atoms with E-state index in [2.05, 4.69) is 9.71 Å². The molecular weight excluding hydrogens is 482 g/mol. The Morgan fingerprint density at radius 2 is 1.89 bits per heavy atom. The molecule has 35 heavy (non-hydrogen) atoms. The van der Waals surface area contributed by atoms with Crippen molar-refractivity contribution < 1.29 is 26.7 Å². The minimum Gasteiger partial charge on any atom is -0.454 e. The SMILES string of the molecule is CCS(=O)(=O)Nc1cc(-c2cn(C)c(=O)c3cc[nH]c23)c(Oc2ccc(F)cc2F)cc1C(N)=O. The molecule has 0 bridgehead atoms. The molecule has 182 valence electrons. The predicted octanol–water partition coefficient (Wildman–Crippen LogP) is 3.46. The Balaban J connectivity index is 2.04. The van der Waals surface area contributed by atoms with Gasteiger partial charge in [0, 0.05) is 36.6 Å². The molecule has 2 aromatic carbocycles. The van der Waals surface area contributed by atoms with Crippen molar-refractivity contribution >= 4 is 32.5 Å². The lowest BCUT2D eigenvalue weighted by Gasteiger charge is -2.18. The number of ether oxygens (including phenoxy) is 1. The molecule has 4 N–H and O–H groups in total. The van der Waals surface area contributed by atoms with Crippen LogP contribution in [0.1, 0.15) is 17.3 Å². The maximum Gasteiger partial charge on any atom is 0.259 e. The van der Waals surface area contributed by atoms with Gasteiger partial charge in [-0.1, -0.05) is 0 Å². The van der Waals surface area contributed by atoms with E-state index in [4.69, 9.17) is 10.5 Å². The van der Waals surface area contributed by atoms with Gasteiger partial charge in [0.15, 0.2) is 11.6 Å². The quantitative estimate of drug-likeness (QED) is 0.356. The molecule has 4 rings (SSSR count). The number of nitrogens with zero attached hydrogens (tertiary/aromatic N) is 1. The van der Waals surface area contributed by atoms with Crippen LogP contribution in [0.15, 0.2) is 53.6 Å². The van der Waals surface area contributed by atoms with Gasteiger partial charge in [-0.25, -0.2) is 17.2 Å². The van der Waals surface area contributed by atoms with E-state index in [-0.39, 0.29) is 39.6 Å². The molecule has 0 aliphatic rings. The van der Waals surface area contributed by atoms with Gasteiger partial charge in [-0.2, -0.15) is 0 Å². The minimum atomic E-state index is -3.82. The van der Waals surface area contributed by atoms with Gasteiger partial charge in [0.05, 0.1) is 27.9 Å². The Morgan fingerprint density at radius 1 is 1.14 bits per heavy atom. The summed E-state index contributed by atoms with van der Waals surface area (Å²) in [7, 11) is -2.30. The van der Waals surface area contributed by atoms with Gasteiger partial charge in [0.25, 0.3) is 11.5 Å². The van der Waals surface area contributed by atoms with Gasteiger partial charge in [0.1, 0.15) is 11.6 Å². The second kappa shape index (κ2) is 8.87. The van der Waals surface area contributed by atoms with Crippen LogP contribution in [0.4, 0.5) is 14.5 Å². The van der Waals surface area contributed by atoms with E-state index >= 15 is 0 Å². The molecule has 12 heteroatoms. The molecule has 0 aliphatic carbocycles. The van der Waals surface area contributed by atoms with Crippen LogP contribution < -0.4 is 20.8 Å². The third-order valence-corrected chi connectivity index (χ3v) is 6.62. The van der Waals surface area contributed by atoms with Crippen molar-refractivity contribution in [3.05, 3.63) is 76.3 Å². The summed E-state index contributed by atoms with van der Waals surface area (Å²) in [6.07, 6.45) is 3.03. The number of benzene rings is 2. The Hall–Kier alpha value is -4.19. The average Bonchev–Trinajstić information content (AvgIpc) is 3.29. The van der Waals surface area contributed by atoms with Crippen molar-refractivity contribution in [1.29, 1.82) is 0 Å². The maximum absolute atomic E-state index is 14.4. The van der Waals surface area contributed by atoms with Crippen molar-refractivity contribution in [2.24, 2.45) is 12.8 Å². The fraction of sp³-hybridized carbons (Fsp3) is 0.130. The molecule has 2 aromatic heterocycles. The molecule has 2 heterocycles. The monoisotopic (exact) mass is 502 g/mol. The van der Waals surface area contributed by atoms with E-state index < -0.39 is 27.6 Å². The smallest absolute Gasteiger partial charge is 0.259 e. The van der Waals surface area contributed by atoms with Crippen LogP contribution in [0, 0.1) is 11.6 Å². The molecule has 1 amide bonds. The number of carbonyl (C=O) groups is 1. The van der Waals surface area contributed by atoms with Crippen molar-refractivity contribution in [1.82, 2.24) is 9.55 Å². The lowest BCUT2D eigenvalue weighted by molar-refractivity contribution is 0.100. The summed E-state index contributed by atoms with van der Waals surface area (Å²) in [5, 5.41) is 0.332. The number of sulfonamides is 1. The predicted molar refractivity (Wildman–Crippen MR) is 127 cm³/mol. The number of anilines is 1. The number of hydrogen-bond acceptors (Lipinski definition) is 5. The van der Waals surface area contributed by atoms with Gasteiger partial charge in [-0.15, -0.1) is 0 Å². The molecule has 0 saturated carbocycles. The number of aromatic amines is 1. The Bertz CT molecular complexity index is 1640. The van der Waals surface area contributed by atoms with E-state index in [0.29, 0.717) is 22.5 Å². The van der Waals surface area contributed by atoms with Gasteiger partial charge in [-0.05, 0) is 37.3 Å². The molecule has 0 spiro atoms. The summed E-state index contributed by atoms with van der Waals surface area (Å²) in [4.78, 5) is 27.7. The lowest BCUT2D eigenvalue weighted by Crippen LogP contribution is -2.20. The largest absolute Gasteiger partial charge is 0.454 e. The zero-order chi connectivity index (χ0) is 25.5. The van der Waals surface area contributed by atoms with Crippen LogP contribution in [0.3, 0.4) is 0 Å². The number of amides is 1. The molecule has 0 atom stereocenters. The number of H-pyrrole nitrogens is 1. The van der Waals surface area contributed by atoms with E-state index in [1.54, 1.807) is 12.3 Å². The highest BCUT2D eigenvalue weighted by atomic mass is 32.2. The van der Waals surface area contributed by atoms with Crippen molar-refractivity contribution in [3.8, 4) is 22.6 Å². The number of nitrogens with one attached hydrogen (secondary N) is 2. The number of carbonyl (C=O) groups excluding carboxylic acids is 1. The highest BCUT2D eigenvalue weighted by molar-refractivity contribution is 7.92. The Kier molecular flexibility index (Phi) is 6.07. The summed E-state index contributed by atoms with van der Waals surface area (Å²) >= 11 is 0. The van der Waals surface area contributed by atoms with Gasteiger partial charge >= 0.3 is 0 Å². The summed E-state index contributed by atoms with van der Waals surface area (Å²) in [5.74, 6) is -3.50. The molecular formula is C23H20F2N4O5S. The normalized spacial score (nSPS) is 11.5. The number of fused-ring (bicyclic) bond motifs is 1. The molecule has 0 fully saturated rings. The number of aromatic nitrogens is 2. The number of pyridine rings is 1. The van der Waals surface area contributed by atoms with Crippen LogP contribution in [0.2, 0.25) is 0 Å². The standard InChI is InChI=1S/C23H20F2N4O5S/c1-3-35(32,33)28-18-9-14(16-11-29(2)23(31)13-6-7-27-21(13)16)20(10-15(18)22(26)30)34-19-5-4-12(24)8-17(19)25/h4-11,27-28H,3H2,1-2H3,(H2,26,30). The second-order valence-electron chi connectivity index (χ2n) is 7.67. The van der Waals surface area contributed by atoms with E-state index in [9.17, 15) is 26.8 Å². The van der Waals surface area contributed by atoms with Crippen LogP contribution >= 0.6 is 0 Å². The van der Waals surface area contributed by atoms with Crippen LogP contribution in [-0.2, 0) is 17.1 Å². The number of halogens is 2. The molecule has 0 unspecified atom stereocenters. The number of rotatable bonds is 7. The molecule has 0 aliphatic heterocycles. The summed E-state index contributed by atoms with van der Waals surface area (Å²) < 4.78 is 61.7. The van der Waals surface area contributed by atoms with Crippen LogP contribution in [-0.4, -0.2) is 29.6 Å². The highest BCUT2D eigenvalue weighted by Crippen LogP contribution is 2.40. The number of aryl methyl sites for hydroxylation is 1. The number of primary amides is 1. The number of hydrogen-bond donors (Lipinski definition) is 3. The third-order valence-electron chi connectivity index (χ3n) is 5.32. The third kappa shape index (κ3) is 4.60. The fourth-order valence-electron chi connectivity index (χ4n) is 3.56. The maximum atomic E-state index is 14.4. The summed E-state index contributed by atoms with van der Waals surface area (Å²) in [6.45, 7) is 1.41. The van der Waals surface area contributed by atoms with Crippen LogP contribution in [0.5, 0.6) is 11.5 Å². The van der Waals surface area contributed by atoms with E-state index in [1.807, 2.05) is 0 Å². The van der Waals surface area contributed by atoms with Crippen molar-refractivity contribution in [3.63, 3.8) is 0 Å². The Labute approximate surface area is 198 Å². The van der Waals surface area contributed by atoms with E-state index in [1.165, 1.54) is 30.8 Å². The van der Waals surface area contributed by atoms with Gasteiger partial charge < -0.3 is 20.0 Å². The van der Waals surface area contributed by atoms with Crippen molar-refractivity contribution in [2.45, 2.75) is 6.92 Å². The topological polar surface area (TPSA) is 136 Å². The van der Waals surface area contributed by atoms with E-state index in [0.717, 1.165) is 18.2 Å². The lowest BCUT2D eigenvalue weighted by atomic mass is 10.00. The zero-order valence-electron chi connectivity index (χ0n) is 18.6. The van der Waals surface area contributed by atoms with Crippen molar-refractivity contribution in [2.75, 3.05) is 10.5 Å². The Morgan fingerprint density at radius 3 is 2.54 bits per heavy atom. The van der Waals surface area contributed by atoms with Gasteiger partial charge in [0.2, 0.25) is 10.0 Å². The number of nitrogens with two attached hydrogens (primary N) is 1. The first kappa shape index (κ1) is 24.0. The van der Waals surface area contributed by atoms with Gasteiger partial charge in [-0.3, -0.25) is 14.3 Å². The first-order valence-electron chi connectivity index (χ1n) is 10.3. The fourth-order valence-corrected chi connectivity index (χ4v) is 4.21. The molecule has 4 aromatic rings. The average molecular weight is 502 g/mol. The second-order valence-corrected chi connectivity index (χ2v) is 9.68. The highest BCUT2D eigenvalue weighted by Gasteiger charge is 2.22. The minimum absolute atomic E-state index is 0.0849. The first-order chi connectivity index (χ1) is 16.5. The zero-order valence-corrected chi connectivity index (χ0v) is 19.4. The molecule has 0 saturated heterocycles. The first-order valence-corrected chi connectivity index (χ1v) is 11.9. The summed E-state index contributed by atoms with van der Waals surface area (Å²) in [5.41, 5.74) is 5.81.